The molecule has 1 aromatic rings. The minimum absolute atomic E-state index is 0.241. The highest BCUT2D eigenvalue weighted by atomic mass is 15.0. The van der Waals surface area contributed by atoms with Gasteiger partial charge in [-0.25, -0.2) is 9.97 Å². The van der Waals surface area contributed by atoms with E-state index in [1.54, 1.807) is 18.3 Å². The number of allylic oxidation sites excluding steroid dienone is 5. The van der Waals surface area contributed by atoms with Crippen molar-refractivity contribution in [2.75, 3.05) is 5.73 Å². The van der Waals surface area contributed by atoms with E-state index in [-0.39, 0.29) is 5.95 Å². The fourth-order valence-electron chi connectivity index (χ4n) is 1.11. The van der Waals surface area contributed by atoms with Gasteiger partial charge in [0.05, 0.1) is 5.69 Å². The van der Waals surface area contributed by atoms with Crippen LogP contribution in [0.4, 0.5) is 5.95 Å². The van der Waals surface area contributed by atoms with Gasteiger partial charge in [-0.05, 0) is 19.1 Å². The zero-order chi connectivity index (χ0) is 13.3. The normalized spacial score (nSPS) is 11.5. The van der Waals surface area contributed by atoms with Crippen LogP contribution in [0.2, 0.25) is 0 Å². The number of nitrogens with zero attached hydrogens (tertiary/aromatic N) is 2. The number of aromatic nitrogens is 2. The summed E-state index contributed by atoms with van der Waals surface area (Å²) in [6, 6.07) is 1.77. The number of hydrogen-bond donors (Lipinski definition) is 2. The number of nitrogens with two attached hydrogens (primary N) is 2. The van der Waals surface area contributed by atoms with E-state index in [2.05, 4.69) is 16.5 Å². The quantitative estimate of drug-likeness (QED) is 0.785. The van der Waals surface area contributed by atoms with Crippen molar-refractivity contribution >= 4 is 11.5 Å². The van der Waals surface area contributed by atoms with Crippen LogP contribution in [0.15, 0.2) is 42.8 Å². The minimum Gasteiger partial charge on any atom is -0.402 e. The number of nitrogen functional groups attached to an aromatic ring is 1. The van der Waals surface area contributed by atoms with Gasteiger partial charge in [0.1, 0.15) is 0 Å². The highest BCUT2D eigenvalue weighted by Gasteiger charge is 2.00. The Balaban J connectivity index is 0.00000121. The SMILES string of the molecule is C=C/C=C(\C=C(/C)N)c1ccnc(N)n1.CC. The van der Waals surface area contributed by atoms with Crippen LogP contribution in [-0.2, 0) is 0 Å². The van der Waals surface area contributed by atoms with E-state index in [1.165, 1.54) is 0 Å². The number of hydrogen-bond acceptors (Lipinski definition) is 4. The topological polar surface area (TPSA) is 77.8 Å². The zero-order valence-electron chi connectivity index (χ0n) is 10.6. The molecule has 0 atom stereocenters. The van der Waals surface area contributed by atoms with Gasteiger partial charge in [0, 0.05) is 17.5 Å². The van der Waals surface area contributed by atoms with Crippen LogP contribution in [0, 0.1) is 0 Å². The van der Waals surface area contributed by atoms with Gasteiger partial charge in [-0.15, -0.1) is 0 Å². The smallest absolute Gasteiger partial charge is 0.220 e. The van der Waals surface area contributed by atoms with Crippen molar-refractivity contribution in [2.24, 2.45) is 5.73 Å². The van der Waals surface area contributed by atoms with Crippen molar-refractivity contribution in [3.63, 3.8) is 0 Å². The van der Waals surface area contributed by atoms with Crippen LogP contribution in [0.1, 0.15) is 26.5 Å². The van der Waals surface area contributed by atoms with Crippen LogP contribution >= 0.6 is 0 Å². The largest absolute Gasteiger partial charge is 0.402 e. The lowest BCUT2D eigenvalue weighted by Gasteiger charge is -2.02. The third-order valence-corrected chi connectivity index (χ3v) is 1.65. The summed E-state index contributed by atoms with van der Waals surface area (Å²) in [4.78, 5) is 7.92. The predicted octanol–water partition coefficient (Wildman–Crippen LogP) is 2.52. The molecule has 0 fully saturated rings. The van der Waals surface area contributed by atoms with Crippen LogP contribution < -0.4 is 11.5 Å². The Bertz CT molecular complexity index is 415. The maximum Gasteiger partial charge on any atom is 0.220 e. The Morgan fingerprint density at radius 1 is 1.41 bits per heavy atom. The fraction of sp³-hybridized carbons (Fsp3) is 0.231. The third-order valence-electron chi connectivity index (χ3n) is 1.65. The summed E-state index contributed by atoms with van der Waals surface area (Å²) >= 11 is 0. The second kappa shape index (κ2) is 8.10. The molecule has 0 aliphatic heterocycles. The molecule has 17 heavy (non-hydrogen) atoms. The van der Waals surface area contributed by atoms with Crippen molar-refractivity contribution in [1.29, 1.82) is 0 Å². The molecule has 0 spiro atoms. The predicted molar refractivity (Wildman–Crippen MR) is 73.9 cm³/mol. The molecule has 4 N–H and O–H groups in total. The Morgan fingerprint density at radius 2 is 2.06 bits per heavy atom. The molecule has 1 rings (SSSR count). The molecule has 1 aromatic heterocycles. The Morgan fingerprint density at radius 3 is 2.53 bits per heavy atom. The molecule has 1 heterocycles. The summed E-state index contributed by atoms with van der Waals surface area (Å²) in [5.74, 6) is 0.241. The number of rotatable bonds is 3. The summed E-state index contributed by atoms with van der Waals surface area (Å²) in [7, 11) is 0. The molecular weight excluding hydrogens is 212 g/mol. The molecular formula is C13H20N4. The summed E-state index contributed by atoms with van der Waals surface area (Å²) in [6.45, 7) is 9.44. The summed E-state index contributed by atoms with van der Waals surface area (Å²) in [5.41, 5.74) is 13.4. The molecule has 4 nitrogen and oxygen atoms in total. The van der Waals surface area contributed by atoms with Crippen molar-refractivity contribution in [3.05, 3.63) is 48.5 Å². The lowest BCUT2D eigenvalue weighted by Crippen LogP contribution is -1.98. The maximum absolute atomic E-state index is 5.61. The average molecular weight is 232 g/mol. The summed E-state index contributed by atoms with van der Waals surface area (Å²) < 4.78 is 0. The standard InChI is InChI=1S/C11H14N4.C2H6/c1-3-4-9(7-8(2)12)10-5-6-14-11(13)15-10;1-2/h3-7H,1,12H2,2H3,(H2,13,14,15);1-2H3/b8-7+,9-4+;. The first-order chi connectivity index (χ1) is 8.13. The van der Waals surface area contributed by atoms with E-state index in [1.807, 2.05) is 32.9 Å². The van der Waals surface area contributed by atoms with Crippen LogP contribution in [-0.4, -0.2) is 9.97 Å². The molecule has 0 aliphatic carbocycles. The summed E-state index contributed by atoms with van der Waals surface area (Å²) in [5, 5.41) is 0. The first-order valence-electron chi connectivity index (χ1n) is 5.49. The van der Waals surface area contributed by atoms with Gasteiger partial charge in [-0.1, -0.05) is 32.6 Å². The highest BCUT2D eigenvalue weighted by molar-refractivity contribution is 5.73. The average Bonchev–Trinajstić information content (AvgIpc) is 2.30. The Labute approximate surface area is 103 Å². The van der Waals surface area contributed by atoms with Crippen molar-refractivity contribution in [2.45, 2.75) is 20.8 Å². The molecule has 0 saturated carbocycles. The van der Waals surface area contributed by atoms with Gasteiger partial charge >= 0.3 is 0 Å². The molecule has 0 saturated heterocycles. The van der Waals surface area contributed by atoms with Crippen molar-refractivity contribution in [3.8, 4) is 0 Å². The van der Waals surface area contributed by atoms with E-state index in [0.717, 1.165) is 11.3 Å². The molecule has 92 valence electrons. The van der Waals surface area contributed by atoms with Gasteiger partial charge in [-0.2, -0.15) is 0 Å². The second-order valence-corrected chi connectivity index (χ2v) is 3.05. The van der Waals surface area contributed by atoms with Crippen molar-refractivity contribution < 1.29 is 0 Å². The Kier molecular flexibility index (Phi) is 7.10. The lowest BCUT2D eigenvalue weighted by atomic mass is 10.1. The van der Waals surface area contributed by atoms with Crippen LogP contribution in [0.25, 0.3) is 5.57 Å². The molecule has 0 bridgehead atoms. The van der Waals surface area contributed by atoms with E-state index in [9.17, 15) is 0 Å². The van der Waals surface area contributed by atoms with Gasteiger partial charge in [-0.3, -0.25) is 0 Å². The first kappa shape index (κ1) is 14.9. The van der Waals surface area contributed by atoms with Gasteiger partial charge in [0.15, 0.2) is 0 Å². The number of anilines is 1. The lowest BCUT2D eigenvalue weighted by molar-refractivity contribution is 1.16. The van der Waals surface area contributed by atoms with Gasteiger partial charge < -0.3 is 11.5 Å². The zero-order valence-corrected chi connectivity index (χ0v) is 10.6. The van der Waals surface area contributed by atoms with E-state index in [4.69, 9.17) is 11.5 Å². The summed E-state index contributed by atoms with van der Waals surface area (Å²) in [6.07, 6.45) is 6.91. The van der Waals surface area contributed by atoms with Gasteiger partial charge in [0.25, 0.3) is 0 Å². The molecule has 4 heteroatoms. The van der Waals surface area contributed by atoms with Crippen LogP contribution in [0.3, 0.4) is 0 Å². The second-order valence-electron chi connectivity index (χ2n) is 3.05. The molecule has 0 unspecified atom stereocenters. The van der Waals surface area contributed by atoms with E-state index < -0.39 is 0 Å². The Hall–Kier alpha value is -2.10. The molecule has 0 aromatic carbocycles. The highest BCUT2D eigenvalue weighted by Crippen LogP contribution is 2.14. The maximum atomic E-state index is 5.61. The van der Waals surface area contributed by atoms with E-state index in [0.29, 0.717) is 5.70 Å². The van der Waals surface area contributed by atoms with E-state index >= 15 is 0 Å². The van der Waals surface area contributed by atoms with Crippen LogP contribution in [0.5, 0.6) is 0 Å². The fourth-order valence-corrected chi connectivity index (χ4v) is 1.11. The molecule has 0 amide bonds. The molecule has 0 radical (unpaired) electrons. The first-order valence-corrected chi connectivity index (χ1v) is 5.49. The van der Waals surface area contributed by atoms with Gasteiger partial charge in [0.2, 0.25) is 5.95 Å². The third kappa shape index (κ3) is 5.51. The monoisotopic (exact) mass is 232 g/mol. The van der Waals surface area contributed by atoms with Crippen molar-refractivity contribution in [1.82, 2.24) is 9.97 Å². The molecule has 0 aliphatic rings. The minimum atomic E-state index is 0.241.